The van der Waals surface area contributed by atoms with Gasteiger partial charge in [-0.25, -0.2) is 5.10 Å². The first-order valence-electron chi connectivity index (χ1n) is 8.01. The molecule has 3 rings (SSSR count). The molecule has 0 bridgehead atoms. The van der Waals surface area contributed by atoms with Gasteiger partial charge in [0.15, 0.2) is 5.69 Å². The van der Waals surface area contributed by atoms with Crippen molar-refractivity contribution in [3.8, 4) is 0 Å². The van der Waals surface area contributed by atoms with Gasteiger partial charge in [-0.2, -0.15) is 5.10 Å². The monoisotopic (exact) mass is 321 g/mol. The molecule has 122 valence electrons. The van der Waals surface area contributed by atoms with Crippen LogP contribution in [0.3, 0.4) is 0 Å². The van der Waals surface area contributed by atoms with Gasteiger partial charge < -0.3 is 5.32 Å². The van der Waals surface area contributed by atoms with Gasteiger partial charge in [-0.1, -0.05) is 55.5 Å². The van der Waals surface area contributed by atoms with Gasteiger partial charge in [0, 0.05) is 17.8 Å². The van der Waals surface area contributed by atoms with Gasteiger partial charge in [0.05, 0.1) is 5.39 Å². The first kappa shape index (κ1) is 15.9. The topological polar surface area (TPSA) is 74.8 Å². The second-order valence-electron chi connectivity index (χ2n) is 5.67. The molecule has 2 aromatic carbocycles. The predicted octanol–water partition coefficient (Wildman–Crippen LogP) is 2.85. The maximum Gasteiger partial charge on any atom is 0.272 e. The van der Waals surface area contributed by atoms with E-state index in [1.54, 1.807) is 24.3 Å². The van der Waals surface area contributed by atoms with E-state index in [1.165, 1.54) is 5.56 Å². The summed E-state index contributed by atoms with van der Waals surface area (Å²) in [5.41, 5.74) is 1.14. The number of fused-ring (bicyclic) bond motifs is 1. The Hall–Kier alpha value is -2.95. The van der Waals surface area contributed by atoms with Crippen molar-refractivity contribution in [2.75, 3.05) is 6.54 Å². The van der Waals surface area contributed by atoms with Gasteiger partial charge in [0.25, 0.3) is 11.5 Å². The fourth-order valence-corrected chi connectivity index (χ4v) is 2.81. The maximum absolute atomic E-state index is 12.5. The summed E-state index contributed by atoms with van der Waals surface area (Å²) in [6, 6.07) is 17.1. The van der Waals surface area contributed by atoms with Gasteiger partial charge in [0.2, 0.25) is 0 Å². The minimum absolute atomic E-state index is 0.240. The number of hydrogen-bond acceptors (Lipinski definition) is 3. The summed E-state index contributed by atoms with van der Waals surface area (Å²) in [5, 5.41) is 10.3. The van der Waals surface area contributed by atoms with Crippen molar-refractivity contribution in [1.82, 2.24) is 15.5 Å². The zero-order chi connectivity index (χ0) is 16.9. The predicted molar refractivity (Wildman–Crippen MR) is 94.2 cm³/mol. The highest BCUT2D eigenvalue weighted by Gasteiger charge is 2.16. The molecular weight excluding hydrogens is 302 g/mol. The highest BCUT2D eigenvalue weighted by atomic mass is 16.2. The summed E-state index contributed by atoms with van der Waals surface area (Å²) < 4.78 is 0. The van der Waals surface area contributed by atoms with Gasteiger partial charge >= 0.3 is 0 Å². The lowest BCUT2D eigenvalue weighted by Crippen LogP contribution is -2.30. The second kappa shape index (κ2) is 7.08. The summed E-state index contributed by atoms with van der Waals surface area (Å²) in [6.07, 6.45) is 0.921. The molecule has 0 aliphatic carbocycles. The molecule has 1 heterocycles. The Labute approximate surface area is 139 Å². The van der Waals surface area contributed by atoms with E-state index in [4.69, 9.17) is 0 Å². The smallest absolute Gasteiger partial charge is 0.272 e. The number of hydrogen-bond donors (Lipinski definition) is 2. The molecule has 1 atom stereocenters. The van der Waals surface area contributed by atoms with Crippen LogP contribution < -0.4 is 10.9 Å². The van der Waals surface area contributed by atoms with E-state index in [0.717, 1.165) is 6.42 Å². The first-order valence-corrected chi connectivity index (χ1v) is 8.01. The second-order valence-corrected chi connectivity index (χ2v) is 5.67. The average molecular weight is 321 g/mol. The van der Waals surface area contributed by atoms with Crippen LogP contribution in [0.1, 0.15) is 35.3 Å². The van der Waals surface area contributed by atoms with E-state index in [0.29, 0.717) is 17.3 Å². The van der Waals surface area contributed by atoms with E-state index in [9.17, 15) is 9.59 Å². The van der Waals surface area contributed by atoms with E-state index < -0.39 is 0 Å². The number of nitrogens with one attached hydrogen (secondary N) is 2. The number of amides is 1. The zero-order valence-electron chi connectivity index (χ0n) is 13.5. The molecule has 0 radical (unpaired) electrons. The van der Waals surface area contributed by atoms with Gasteiger partial charge in [-0.15, -0.1) is 0 Å². The van der Waals surface area contributed by atoms with Gasteiger partial charge in [-0.05, 0) is 18.1 Å². The third-order valence-electron chi connectivity index (χ3n) is 4.18. The summed E-state index contributed by atoms with van der Waals surface area (Å²) in [5.74, 6) is -0.0407. The number of carbonyl (C=O) groups is 1. The van der Waals surface area contributed by atoms with Crippen LogP contribution in [0.15, 0.2) is 59.4 Å². The Morgan fingerprint density at radius 3 is 2.46 bits per heavy atom. The van der Waals surface area contributed by atoms with Crippen LogP contribution >= 0.6 is 0 Å². The quantitative estimate of drug-likeness (QED) is 0.759. The fraction of sp³-hybridized carbons (Fsp3) is 0.211. The molecule has 0 aliphatic heterocycles. The fourth-order valence-electron chi connectivity index (χ4n) is 2.81. The first-order chi connectivity index (χ1) is 11.7. The lowest BCUT2D eigenvalue weighted by Gasteiger charge is -2.16. The van der Waals surface area contributed by atoms with Crippen LogP contribution in [0, 0.1) is 0 Å². The van der Waals surface area contributed by atoms with E-state index >= 15 is 0 Å². The Morgan fingerprint density at radius 2 is 1.75 bits per heavy atom. The highest BCUT2D eigenvalue weighted by molar-refractivity contribution is 6.04. The number of nitrogens with zero attached hydrogens (tertiary/aromatic N) is 1. The normalized spacial score (nSPS) is 12.0. The van der Waals surface area contributed by atoms with Crippen molar-refractivity contribution in [2.45, 2.75) is 19.3 Å². The molecule has 0 spiro atoms. The molecular formula is C19H19N3O2. The molecule has 24 heavy (non-hydrogen) atoms. The largest absolute Gasteiger partial charge is 0.350 e. The van der Waals surface area contributed by atoms with Crippen LogP contribution in [0.2, 0.25) is 0 Å². The van der Waals surface area contributed by atoms with Gasteiger partial charge in [0.1, 0.15) is 0 Å². The molecule has 0 aliphatic rings. The Kier molecular flexibility index (Phi) is 4.70. The molecule has 1 amide bonds. The Morgan fingerprint density at radius 1 is 1.08 bits per heavy atom. The Bertz CT molecular complexity index is 903. The van der Waals surface area contributed by atoms with Crippen molar-refractivity contribution in [2.24, 2.45) is 0 Å². The van der Waals surface area contributed by atoms with Crippen molar-refractivity contribution in [3.05, 3.63) is 76.2 Å². The van der Waals surface area contributed by atoms with Crippen molar-refractivity contribution in [3.63, 3.8) is 0 Å². The number of aromatic amines is 1. The average Bonchev–Trinajstić information content (AvgIpc) is 2.63. The van der Waals surface area contributed by atoms with E-state index in [1.807, 2.05) is 18.2 Å². The van der Waals surface area contributed by atoms with Gasteiger partial charge in [-0.3, -0.25) is 9.59 Å². The number of aromatic nitrogens is 2. The molecule has 3 aromatic rings. The maximum atomic E-state index is 12.5. The zero-order valence-corrected chi connectivity index (χ0v) is 13.5. The third kappa shape index (κ3) is 3.20. The lowest BCUT2D eigenvalue weighted by molar-refractivity contribution is 0.0946. The van der Waals surface area contributed by atoms with Crippen LogP contribution in [0.5, 0.6) is 0 Å². The lowest BCUT2D eigenvalue weighted by atomic mass is 9.96. The molecule has 0 fully saturated rings. The molecule has 2 N–H and O–H groups in total. The number of carbonyl (C=O) groups excluding carboxylic acids is 1. The van der Waals surface area contributed by atoms with Crippen molar-refractivity contribution in [1.29, 1.82) is 0 Å². The molecule has 5 nitrogen and oxygen atoms in total. The van der Waals surface area contributed by atoms with Crippen LogP contribution in [-0.4, -0.2) is 22.6 Å². The molecule has 0 saturated heterocycles. The molecule has 0 unspecified atom stereocenters. The SMILES string of the molecule is CC[C@@H](CNC(=O)c1n[nH]c(=O)c2ccccc12)c1ccccc1. The standard InChI is InChI=1S/C19H19N3O2/c1-2-13(14-8-4-3-5-9-14)12-20-19(24)17-15-10-6-7-11-16(15)18(23)22-21-17/h3-11,13H,2,12H2,1H3,(H,20,24)(H,22,23)/t13-/m0/s1. The summed E-state index contributed by atoms with van der Waals surface area (Å²) in [7, 11) is 0. The Balaban J connectivity index is 1.81. The molecule has 0 saturated carbocycles. The van der Waals surface area contributed by atoms with Crippen LogP contribution in [0.25, 0.3) is 10.8 Å². The number of H-pyrrole nitrogens is 1. The minimum atomic E-state index is -0.294. The molecule has 5 heteroatoms. The summed E-state index contributed by atoms with van der Waals surface area (Å²) in [4.78, 5) is 24.3. The summed E-state index contributed by atoms with van der Waals surface area (Å²) in [6.45, 7) is 2.62. The van der Waals surface area contributed by atoms with Crippen LogP contribution in [-0.2, 0) is 0 Å². The number of rotatable bonds is 5. The van der Waals surface area contributed by atoms with Crippen molar-refractivity contribution < 1.29 is 4.79 Å². The van der Waals surface area contributed by atoms with Crippen LogP contribution in [0.4, 0.5) is 0 Å². The number of benzene rings is 2. The minimum Gasteiger partial charge on any atom is -0.350 e. The third-order valence-corrected chi connectivity index (χ3v) is 4.18. The molecule has 1 aromatic heterocycles. The van der Waals surface area contributed by atoms with Crippen molar-refractivity contribution >= 4 is 16.7 Å². The van der Waals surface area contributed by atoms with E-state index in [2.05, 4.69) is 34.6 Å². The highest BCUT2D eigenvalue weighted by Crippen LogP contribution is 2.18. The van der Waals surface area contributed by atoms with E-state index in [-0.39, 0.29) is 23.1 Å². The summed E-state index contributed by atoms with van der Waals surface area (Å²) >= 11 is 0.